The fraction of sp³-hybridized carbons (Fsp3) is 0.327. The van der Waals surface area contributed by atoms with Crippen molar-refractivity contribution in [2.45, 2.75) is 115 Å². The minimum absolute atomic E-state index is 0. The first-order valence-corrected chi connectivity index (χ1v) is 26.4. The van der Waals surface area contributed by atoms with Gasteiger partial charge in [0.1, 0.15) is 0 Å². The van der Waals surface area contributed by atoms with E-state index >= 15 is 0 Å². The van der Waals surface area contributed by atoms with Gasteiger partial charge in [0.05, 0.1) is 0 Å². The van der Waals surface area contributed by atoms with E-state index in [1.807, 2.05) is 0 Å². The molecule has 0 heterocycles. The Morgan fingerprint density at radius 2 is 0.845 bits per heavy atom. The van der Waals surface area contributed by atoms with E-state index in [2.05, 4.69) is 211 Å². The number of hydrogen-bond acceptors (Lipinski definition) is 0. The van der Waals surface area contributed by atoms with E-state index in [0.717, 1.165) is 6.42 Å². The van der Waals surface area contributed by atoms with Crippen molar-refractivity contribution in [2.75, 3.05) is 0 Å². The first kappa shape index (κ1) is 44.2. The molecule has 0 aromatic heterocycles. The molecule has 0 saturated heterocycles. The average Bonchev–Trinajstić information content (AvgIpc) is 3.77. The van der Waals surface area contributed by atoms with Crippen molar-refractivity contribution in [3.8, 4) is 11.1 Å². The minimum Gasteiger partial charge on any atom is -1.00 e. The van der Waals surface area contributed by atoms with Gasteiger partial charge in [-0.1, -0.05) is 0 Å². The van der Waals surface area contributed by atoms with Crippen molar-refractivity contribution >= 4 is 24.8 Å². The van der Waals surface area contributed by atoms with Crippen LogP contribution in [0.2, 0.25) is 0 Å². The third-order valence-corrected chi connectivity index (χ3v) is 24.4. The molecule has 0 atom stereocenters. The molecule has 58 heavy (non-hydrogen) atoms. The Kier molecular flexibility index (Phi) is 12.1. The number of fused-ring (bicyclic) bond motifs is 5. The van der Waals surface area contributed by atoms with Crippen LogP contribution in [0.3, 0.4) is 0 Å². The van der Waals surface area contributed by atoms with Gasteiger partial charge in [-0.15, -0.1) is 0 Å². The van der Waals surface area contributed by atoms with Gasteiger partial charge in [0, 0.05) is 0 Å². The Morgan fingerprint density at radius 3 is 1.21 bits per heavy atom. The Labute approximate surface area is 369 Å². The quantitative estimate of drug-likeness (QED) is 0.155. The molecule has 0 amide bonds. The van der Waals surface area contributed by atoms with Crippen molar-refractivity contribution in [3.05, 3.63) is 175 Å². The van der Waals surface area contributed by atoms with Crippen LogP contribution >= 0.6 is 0 Å². The molecule has 0 unspecified atom stereocenters. The molecule has 8 rings (SSSR count). The summed E-state index contributed by atoms with van der Waals surface area (Å²) in [6.45, 7) is 29.0. The van der Waals surface area contributed by atoms with Gasteiger partial charge in [-0.25, -0.2) is 0 Å². The van der Waals surface area contributed by atoms with E-state index < -0.39 is 21.0 Å². The van der Waals surface area contributed by atoms with Crippen LogP contribution in [0.1, 0.15) is 138 Å². The maximum atomic E-state index is 2.71. The zero-order chi connectivity index (χ0) is 39.9. The van der Waals surface area contributed by atoms with E-state index in [1.165, 1.54) is 66.1 Å². The van der Waals surface area contributed by atoms with E-state index in [9.17, 15) is 0 Å². The van der Waals surface area contributed by atoms with E-state index in [4.69, 9.17) is 0 Å². The first-order valence-electron chi connectivity index (χ1n) is 20.8. The van der Waals surface area contributed by atoms with Crippen LogP contribution in [0.25, 0.3) is 32.7 Å². The summed E-state index contributed by atoms with van der Waals surface area (Å²) in [5.74, 6) is 0. The molecule has 0 nitrogen and oxygen atoms in total. The molecule has 3 heteroatoms. The van der Waals surface area contributed by atoms with Gasteiger partial charge in [-0.3, -0.25) is 0 Å². The summed E-state index contributed by atoms with van der Waals surface area (Å²) < 4.78 is 3.67. The summed E-state index contributed by atoms with van der Waals surface area (Å²) in [5.41, 5.74) is 14.9. The van der Waals surface area contributed by atoms with Crippen LogP contribution in [-0.4, -0.2) is 3.26 Å². The summed E-state index contributed by atoms with van der Waals surface area (Å²) in [6.07, 6.45) is 8.35. The largest absolute Gasteiger partial charge is 1.00 e. The topological polar surface area (TPSA) is 0 Å². The van der Waals surface area contributed by atoms with Crippen LogP contribution in [0.4, 0.5) is 0 Å². The maximum Gasteiger partial charge on any atom is -1.00 e. The molecular weight excluding hydrogens is 910 g/mol. The smallest absolute Gasteiger partial charge is 1.00 e. The monoisotopic (exact) mass is 970 g/mol. The zero-order valence-corrected chi connectivity index (χ0v) is 41.8. The molecule has 2 aliphatic rings. The number of hydrogen-bond donors (Lipinski definition) is 0. The second-order valence-corrected chi connectivity index (χ2v) is 29.8. The second kappa shape index (κ2) is 15.9. The molecule has 298 valence electrons. The third-order valence-electron chi connectivity index (χ3n) is 12.3. The Morgan fingerprint density at radius 1 is 0.466 bits per heavy atom. The molecular formula is C55H60Cl2Hf. The van der Waals surface area contributed by atoms with Crippen molar-refractivity contribution in [1.82, 2.24) is 0 Å². The molecule has 0 radical (unpaired) electrons. The summed E-state index contributed by atoms with van der Waals surface area (Å²) >= 11 is -3.26. The molecule has 6 aromatic carbocycles. The molecule has 6 aromatic rings. The molecule has 0 saturated carbocycles. The normalized spacial score (nSPS) is 14.0. The van der Waals surface area contributed by atoms with Crippen LogP contribution < -0.4 is 24.8 Å². The van der Waals surface area contributed by atoms with Crippen molar-refractivity contribution in [1.29, 1.82) is 0 Å². The predicted molar refractivity (Wildman–Crippen MR) is 241 cm³/mol. The van der Waals surface area contributed by atoms with Crippen molar-refractivity contribution in [3.63, 3.8) is 0 Å². The van der Waals surface area contributed by atoms with Crippen molar-refractivity contribution in [2.24, 2.45) is 0 Å². The summed E-state index contributed by atoms with van der Waals surface area (Å²) in [5, 5.41) is 5.23. The van der Waals surface area contributed by atoms with Gasteiger partial charge in [-0.05, 0) is 0 Å². The summed E-state index contributed by atoms with van der Waals surface area (Å²) in [7, 11) is 0. The fourth-order valence-electron chi connectivity index (χ4n) is 9.44. The summed E-state index contributed by atoms with van der Waals surface area (Å²) in [6, 6.07) is 43.2. The Balaban J connectivity index is 0.00000283. The van der Waals surface area contributed by atoms with Crippen LogP contribution in [0, 0.1) is 0 Å². The van der Waals surface area contributed by atoms with Crippen LogP contribution in [-0.2, 0) is 42.6 Å². The van der Waals surface area contributed by atoms with Gasteiger partial charge in [0.15, 0.2) is 0 Å². The van der Waals surface area contributed by atoms with Crippen molar-refractivity contribution < 1.29 is 45.8 Å². The molecule has 2 aliphatic carbocycles. The van der Waals surface area contributed by atoms with Gasteiger partial charge in [-0.2, -0.15) is 0 Å². The third kappa shape index (κ3) is 8.10. The Hall–Kier alpha value is -3.36. The molecule has 0 fully saturated rings. The number of rotatable bonds is 4. The van der Waals surface area contributed by atoms with Gasteiger partial charge in [0.2, 0.25) is 0 Å². The first-order chi connectivity index (χ1) is 26.3. The van der Waals surface area contributed by atoms with E-state index in [1.54, 1.807) is 17.7 Å². The van der Waals surface area contributed by atoms with E-state index in [-0.39, 0.29) is 46.5 Å². The van der Waals surface area contributed by atoms with Gasteiger partial charge >= 0.3 is 347 Å². The maximum absolute atomic E-state index is 3.26. The van der Waals surface area contributed by atoms with Crippen LogP contribution in [0.15, 0.2) is 131 Å². The molecule has 0 bridgehead atoms. The van der Waals surface area contributed by atoms with Crippen LogP contribution in [0.5, 0.6) is 0 Å². The van der Waals surface area contributed by atoms with E-state index in [0.29, 0.717) is 3.67 Å². The molecule has 0 aliphatic heterocycles. The number of benzene rings is 6. The Bertz CT molecular complexity index is 2480. The zero-order valence-electron chi connectivity index (χ0n) is 36.7. The number of allylic oxidation sites excluding steroid dienone is 4. The summed E-state index contributed by atoms with van der Waals surface area (Å²) in [4.78, 5) is 0. The molecule has 0 spiro atoms. The predicted octanol–water partition coefficient (Wildman–Crippen LogP) is 8.99. The minimum atomic E-state index is -3.26. The molecule has 0 N–H and O–H groups in total. The second-order valence-electron chi connectivity index (χ2n) is 20.6. The van der Waals surface area contributed by atoms with Gasteiger partial charge < -0.3 is 24.8 Å². The average molecular weight is 970 g/mol. The standard InChI is InChI=1S/C29H41.C21H14.C5H5.2ClH.Hf/c1-26(2,3)22-14-18-13-19-15-23(27(4,5)6)25(29(10,11)12)17-21(19)20(18)16-24(22)28(7,8)9;1-3-7-20-14-16(9-11-18(20)5-1)13-17-10-12-19-6-2-4-8-21(19)15-17;1-2-4-5-3-1;;;/h13-17H,1-12H3;1-12,14-15H;1-3H,4H2;2*1H;/q;;;;;+2/p-2. The van der Waals surface area contributed by atoms with Gasteiger partial charge in [0.25, 0.3) is 0 Å². The fourth-order valence-corrected chi connectivity index (χ4v) is 22.5. The number of halogens is 2. The SMILES string of the molecule is CC(C)(C)c1cc2c(cc1C(C)(C)C)[CH]([Hf+2]([C]1=CC=CC1)=[C](c1ccc3ccccc3c1)c1ccc3ccccc3c1)c1cc(C(C)(C)C)c(C(C)(C)C)cc1-2.[Cl-].[Cl-].